The van der Waals surface area contributed by atoms with Crippen molar-refractivity contribution in [3.05, 3.63) is 59.4 Å². The molecule has 3 N–H and O–H groups in total. The van der Waals surface area contributed by atoms with Gasteiger partial charge in [0, 0.05) is 6.54 Å². The Morgan fingerprint density at radius 2 is 2.05 bits per heavy atom. The number of aromatic nitrogens is 1. The van der Waals surface area contributed by atoms with Gasteiger partial charge in [-0.15, -0.1) is 0 Å². The molecule has 1 aromatic carbocycles. The Bertz CT molecular complexity index is 614. The molecule has 2 aromatic rings. The third-order valence-electron chi connectivity index (χ3n) is 2.94. The molecule has 0 spiro atoms. The fraction of sp³-hybridized carbons (Fsp3) is 0.200. The maximum Gasteiger partial charge on any atom is 0.267 e. The van der Waals surface area contributed by atoms with Crippen LogP contribution < -0.4 is 5.32 Å². The number of aromatic amines is 1. The van der Waals surface area contributed by atoms with E-state index in [9.17, 15) is 9.90 Å². The van der Waals surface area contributed by atoms with Gasteiger partial charge in [-0.3, -0.25) is 4.79 Å². The lowest BCUT2D eigenvalue weighted by atomic mass is 10.1. The number of hydrogen-bond acceptors (Lipinski definition) is 3. The second-order valence-electron chi connectivity index (χ2n) is 4.37. The number of aliphatic hydroxyl groups is 1. The Balaban J connectivity index is 1.81. The third kappa shape index (κ3) is 3.46. The number of aliphatic hydroxyl groups excluding tert-OH is 1. The number of nitrogens with zero attached hydrogens (tertiary/aromatic N) is 1. The Morgan fingerprint density at radius 1 is 1.30 bits per heavy atom. The lowest BCUT2D eigenvalue weighted by Gasteiger charge is -2.11. The fourth-order valence-corrected chi connectivity index (χ4v) is 1.85. The molecule has 20 heavy (non-hydrogen) atoms. The molecule has 0 saturated carbocycles. The van der Waals surface area contributed by atoms with Crippen LogP contribution >= 0.6 is 0 Å². The minimum atomic E-state index is -0.602. The first kappa shape index (κ1) is 13.8. The minimum Gasteiger partial charge on any atom is -0.388 e. The van der Waals surface area contributed by atoms with E-state index >= 15 is 0 Å². The smallest absolute Gasteiger partial charge is 0.267 e. The zero-order valence-electron chi connectivity index (χ0n) is 10.8. The van der Waals surface area contributed by atoms with E-state index in [-0.39, 0.29) is 5.91 Å². The second kappa shape index (κ2) is 6.55. The van der Waals surface area contributed by atoms with E-state index in [0.29, 0.717) is 24.4 Å². The van der Waals surface area contributed by atoms with Crippen molar-refractivity contribution in [1.29, 1.82) is 5.26 Å². The third-order valence-corrected chi connectivity index (χ3v) is 2.94. The molecule has 1 aromatic heterocycles. The van der Waals surface area contributed by atoms with Gasteiger partial charge in [0.25, 0.3) is 5.91 Å². The molecule has 102 valence electrons. The summed E-state index contributed by atoms with van der Waals surface area (Å²) in [5.74, 6) is -0.285. The van der Waals surface area contributed by atoms with Gasteiger partial charge in [-0.2, -0.15) is 5.26 Å². The standard InChI is InChI=1S/C15H15N3O2/c16-10-12-6-7-13(18-12)15(20)17-9-8-14(19)11-4-2-1-3-5-11/h1-7,14,18-19H,8-9H2,(H,17,20). The molecule has 5 nitrogen and oxygen atoms in total. The van der Waals surface area contributed by atoms with Gasteiger partial charge in [0.1, 0.15) is 17.5 Å². The van der Waals surface area contributed by atoms with Gasteiger partial charge in [-0.05, 0) is 24.1 Å². The van der Waals surface area contributed by atoms with Crippen LogP contribution in [0.15, 0.2) is 42.5 Å². The average molecular weight is 269 g/mol. The molecule has 1 heterocycles. The Morgan fingerprint density at radius 3 is 2.70 bits per heavy atom. The highest BCUT2D eigenvalue weighted by atomic mass is 16.3. The van der Waals surface area contributed by atoms with Crippen molar-refractivity contribution in [3.8, 4) is 6.07 Å². The summed E-state index contributed by atoms with van der Waals surface area (Å²) in [7, 11) is 0. The summed E-state index contributed by atoms with van der Waals surface area (Å²) in [5, 5.41) is 21.3. The highest BCUT2D eigenvalue weighted by Crippen LogP contribution is 2.14. The average Bonchev–Trinajstić information content (AvgIpc) is 2.97. The van der Waals surface area contributed by atoms with E-state index in [0.717, 1.165) is 5.56 Å². The monoisotopic (exact) mass is 269 g/mol. The zero-order chi connectivity index (χ0) is 14.4. The second-order valence-corrected chi connectivity index (χ2v) is 4.37. The lowest BCUT2D eigenvalue weighted by Crippen LogP contribution is -2.26. The van der Waals surface area contributed by atoms with Crippen molar-refractivity contribution in [3.63, 3.8) is 0 Å². The number of H-pyrrole nitrogens is 1. The van der Waals surface area contributed by atoms with Crippen LogP contribution in [-0.2, 0) is 0 Å². The molecule has 0 aliphatic rings. The Hall–Kier alpha value is -2.58. The van der Waals surface area contributed by atoms with Crippen LogP contribution in [0.5, 0.6) is 0 Å². The van der Waals surface area contributed by atoms with Crippen molar-refractivity contribution in [1.82, 2.24) is 10.3 Å². The molecule has 5 heteroatoms. The van der Waals surface area contributed by atoms with Gasteiger partial charge in [0.15, 0.2) is 0 Å². The van der Waals surface area contributed by atoms with E-state index < -0.39 is 6.10 Å². The number of benzene rings is 1. The number of amides is 1. The first-order chi connectivity index (χ1) is 9.70. The van der Waals surface area contributed by atoms with Gasteiger partial charge in [-0.25, -0.2) is 0 Å². The number of nitrogens with one attached hydrogen (secondary N) is 2. The van der Waals surface area contributed by atoms with Crippen molar-refractivity contribution in [2.45, 2.75) is 12.5 Å². The predicted octanol–water partition coefficient (Wildman–Crippen LogP) is 1.74. The van der Waals surface area contributed by atoms with Crippen LogP contribution in [0.25, 0.3) is 0 Å². The quantitative estimate of drug-likeness (QED) is 0.772. The first-order valence-electron chi connectivity index (χ1n) is 6.31. The van der Waals surface area contributed by atoms with Crippen LogP contribution in [0.2, 0.25) is 0 Å². The molecular weight excluding hydrogens is 254 g/mol. The molecule has 1 unspecified atom stereocenters. The van der Waals surface area contributed by atoms with Crippen LogP contribution in [0.3, 0.4) is 0 Å². The summed E-state index contributed by atoms with van der Waals surface area (Å²) >= 11 is 0. The summed E-state index contributed by atoms with van der Waals surface area (Å²) in [4.78, 5) is 14.5. The Kier molecular flexibility index (Phi) is 4.53. The maximum atomic E-state index is 11.8. The summed E-state index contributed by atoms with van der Waals surface area (Å²) in [5.41, 5.74) is 1.52. The number of carbonyl (C=O) groups is 1. The molecule has 1 amide bonds. The molecule has 0 radical (unpaired) electrons. The number of hydrogen-bond donors (Lipinski definition) is 3. The molecule has 0 saturated heterocycles. The maximum absolute atomic E-state index is 11.8. The van der Waals surface area contributed by atoms with Gasteiger partial charge in [0.05, 0.1) is 6.10 Å². The van der Waals surface area contributed by atoms with Crippen LogP contribution in [0.1, 0.15) is 34.3 Å². The van der Waals surface area contributed by atoms with Crippen LogP contribution in [-0.4, -0.2) is 22.5 Å². The molecule has 0 aliphatic heterocycles. The summed E-state index contributed by atoms with van der Waals surface area (Å²) < 4.78 is 0. The van der Waals surface area contributed by atoms with Gasteiger partial charge < -0.3 is 15.4 Å². The SMILES string of the molecule is N#Cc1ccc(C(=O)NCCC(O)c2ccccc2)[nH]1. The number of carbonyl (C=O) groups excluding carboxylic acids is 1. The summed E-state index contributed by atoms with van der Waals surface area (Å²) in [6.07, 6.45) is -0.170. The van der Waals surface area contributed by atoms with Crippen molar-refractivity contribution >= 4 is 5.91 Å². The predicted molar refractivity (Wildman–Crippen MR) is 73.9 cm³/mol. The topological polar surface area (TPSA) is 88.9 Å². The van der Waals surface area contributed by atoms with E-state index in [1.165, 1.54) is 0 Å². The Labute approximate surface area is 116 Å². The molecule has 2 rings (SSSR count). The first-order valence-corrected chi connectivity index (χ1v) is 6.31. The fourth-order valence-electron chi connectivity index (χ4n) is 1.85. The normalized spacial score (nSPS) is 11.6. The number of rotatable bonds is 5. The molecule has 0 aliphatic carbocycles. The lowest BCUT2D eigenvalue weighted by molar-refractivity contribution is 0.0938. The van der Waals surface area contributed by atoms with Crippen LogP contribution in [0, 0.1) is 11.3 Å². The summed E-state index contributed by atoms with van der Waals surface area (Å²) in [6, 6.07) is 14.3. The van der Waals surface area contributed by atoms with Crippen LogP contribution in [0.4, 0.5) is 0 Å². The molecule has 1 atom stereocenters. The van der Waals surface area contributed by atoms with Gasteiger partial charge in [0.2, 0.25) is 0 Å². The van der Waals surface area contributed by atoms with Crippen molar-refractivity contribution in [2.24, 2.45) is 0 Å². The van der Waals surface area contributed by atoms with Crippen molar-refractivity contribution in [2.75, 3.05) is 6.54 Å². The summed E-state index contributed by atoms with van der Waals surface area (Å²) in [6.45, 7) is 0.357. The van der Waals surface area contributed by atoms with Gasteiger partial charge >= 0.3 is 0 Å². The zero-order valence-corrected chi connectivity index (χ0v) is 10.8. The van der Waals surface area contributed by atoms with E-state index in [2.05, 4.69) is 10.3 Å². The largest absolute Gasteiger partial charge is 0.388 e. The van der Waals surface area contributed by atoms with Gasteiger partial charge in [-0.1, -0.05) is 30.3 Å². The number of nitriles is 1. The molecule has 0 bridgehead atoms. The highest BCUT2D eigenvalue weighted by Gasteiger charge is 2.10. The van der Waals surface area contributed by atoms with Crippen molar-refractivity contribution < 1.29 is 9.90 Å². The van der Waals surface area contributed by atoms with E-state index in [1.807, 2.05) is 36.4 Å². The minimum absolute atomic E-state index is 0.285. The molecule has 0 fully saturated rings. The van der Waals surface area contributed by atoms with E-state index in [1.54, 1.807) is 12.1 Å². The van der Waals surface area contributed by atoms with E-state index in [4.69, 9.17) is 5.26 Å². The molecular formula is C15H15N3O2. The highest BCUT2D eigenvalue weighted by molar-refractivity contribution is 5.92.